The maximum absolute atomic E-state index is 14.6. The van der Waals surface area contributed by atoms with Gasteiger partial charge in [-0.3, -0.25) is 47.9 Å². The number of likely N-dealkylation sites (tertiary alicyclic amines) is 1. The lowest BCUT2D eigenvalue weighted by Crippen LogP contribution is -2.62. The van der Waals surface area contributed by atoms with Crippen LogP contribution in [0.4, 0.5) is 0 Å². The Hall–Kier alpha value is -8.39. The minimum atomic E-state index is -1.76. The number of aromatic hydroxyl groups is 1. The number of rotatable bonds is 28. The number of amides is 10. The standard InChI is InChI=1S/C56H77N13O13/c1-7-58-55(81)45-13-10-20-69(45)47(73)27-60-48(74)39(21-31(2)3)63-54(80)44(29-82-56(4,5)6)68-50(76)40(22-32-14-16-35(71)17-15-32)64-53(79)43(28-70)67-51(77)41(23-33-25-59-37-12-9-8-11-36(33)37)65-52(78)42(24-34-26-57-30-61-34)66-49(75)38-18-19-46(72)62-38/h8-9,11-12,14-17,25-26,30-31,38-45,59,70-71H,7,10,13,18-24,27-29H2,1-6H3,(H,57,61)(H,58,81)(H,60,74)(H,62,72)(H,63,80)(H,64,79)(H,65,78)(H,66,75)(H,67,77)(H,68,76)/t38-,39-,40-,41-,42-,43-,44+,45-/m0/s1. The number of benzene rings is 2. The molecule has 0 saturated carbocycles. The third kappa shape index (κ3) is 18.3. The van der Waals surface area contributed by atoms with E-state index in [9.17, 15) is 58.2 Å². The number of phenols is 1. The summed E-state index contributed by atoms with van der Waals surface area (Å²) in [4.78, 5) is 149. The van der Waals surface area contributed by atoms with Crippen LogP contribution >= 0.6 is 0 Å². The van der Waals surface area contributed by atoms with E-state index in [-0.39, 0.29) is 62.0 Å². The molecule has 8 atom stereocenters. The summed E-state index contributed by atoms with van der Waals surface area (Å²) in [6, 6.07) is 2.55. The molecule has 6 rings (SSSR count). The number of aliphatic hydroxyl groups excluding tert-OH is 1. The fraction of sp³-hybridized carbons (Fsp3) is 0.518. The van der Waals surface area contributed by atoms with Crippen LogP contribution in [0.25, 0.3) is 10.9 Å². The Morgan fingerprint density at radius 2 is 1.35 bits per heavy atom. The predicted molar refractivity (Wildman–Crippen MR) is 298 cm³/mol. The van der Waals surface area contributed by atoms with Crippen molar-refractivity contribution in [1.29, 1.82) is 0 Å². The summed E-state index contributed by atoms with van der Waals surface area (Å²) in [5.74, 6) is -7.26. The van der Waals surface area contributed by atoms with Gasteiger partial charge in [0.05, 0.1) is 31.7 Å². The second-order valence-corrected chi connectivity index (χ2v) is 21.8. The first-order valence-electron chi connectivity index (χ1n) is 27.5. The molecule has 0 bridgehead atoms. The average Bonchev–Trinajstić information content (AvgIpc) is 4.49. The number of carbonyl (C=O) groups is 10. The van der Waals surface area contributed by atoms with E-state index in [4.69, 9.17) is 4.74 Å². The zero-order valence-electron chi connectivity index (χ0n) is 47.0. The molecule has 0 spiro atoms. The molecule has 0 radical (unpaired) electrons. The summed E-state index contributed by atoms with van der Waals surface area (Å²) < 4.78 is 5.98. The molecule has 2 aliphatic rings. The molecule has 2 aliphatic heterocycles. The number of imidazole rings is 1. The lowest BCUT2D eigenvalue weighted by Gasteiger charge is -2.29. The van der Waals surface area contributed by atoms with Crippen molar-refractivity contribution in [2.24, 2.45) is 5.92 Å². The fourth-order valence-corrected chi connectivity index (χ4v) is 9.51. The molecule has 0 unspecified atom stereocenters. The van der Waals surface area contributed by atoms with Crippen molar-refractivity contribution >= 4 is 70.0 Å². The summed E-state index contributed by atoms with van der Waals surface area (Å²) in [5, 5.41) is 45.3. The van der Waals surface area contributed by atoms with Gasteiger partial charge in [0.25, 0.3) is 0 Å². The first-order chi connectivity index (χ1) is 39.0. The number of aromatic nitrogens is 3. The summed E-state index contributed by atoms with van der Waals surface area (Å²) in [7, 11) is 0. The van der Waals surface area contributed by atoms with Crippen molar-refractivity contribution in [2.75, 3.05) is 32.8 Å². The first kappa shape index (κ1) is 62.8. The van der Waals surface area contributed by atoms with Gasteiger partial charge in [-0.1, -0.05) is 44.2 Å². The highest BCUT2D eigenvalue weighted by Crippen LogP contribution is 2.21. The third-order valence-electron chi connectivity index (χ3n) is 13.8. The monoisotopic (exact) mass is 1140 g/mol. The molecule has 2 fully saturated rings. The number of hydrogen-bond acceptors (Lipinski definition) is 14. The highest BCUT2D eigenvalue weighted by Gasteiger charge is 2.38. The van der Waals surface area contributed by atoms with Gasteiger partial charge in [0.2, 0.25) is 59.1 Å². The number of ether oxygens (including phenoxy) is 1. The zero-order valence-corrected chi connectivity index (χ0v) is 47.0. The highest BCUT2D eigenvalue weighted by atomic mass is 16.5. The maximum atomic E-state index is 14.6. The van der Waals surface area contributed by atoms with Crippen LogP contribution in [0.2, 0.25) is 0 Å². The molecule has 4 aromatic rings. The molecular formula is C56H77N13O13. The Balaban J connectivity index is 1.21. The number of fused-ring (bicyclic) bond motifs is 1. The molecule has 2 saturated heterocycles. The van der Waals surface area contributed by atoms with Crippen LogP contribution < -0.4 is 47.9 Å². The number of aromatic amines is 2. The van der Waals surface area contributed by atoms with E-state index in [1.54, 1.807) is 52.1 Å². The van der Waals surface area contributed by atoms with E-state index in [0.29, 0.717) is 48.1 Å². The number of nitrogens with zero attached hydrogens (tertiary/aromatic N) is 2. The van der Waals surface area contributed by atoms with Crippen molar-refractivity contribution < 1.29 is 62.9 Å². The van der Waals surface area contributed by atoms with Crippen molar-refractivity contribution in [3.05, 3.63) is 84.1 Å². The van der Waals surface area contributed by atoms with E-state index in [0.717, 1.165) is 5.52 Å². The van der Waals surface area contributed by atoms with Crippen LogP contribution in [-0.4, -0.2) is 176 Å². The molecule has 10 amide bonds. The topological polar surface area (TPSA) is 376 Å². The lowest BCUT2D eigenvalue weighted by atomic mass is 10.0. The largest absolute Gasteiger partial charge is 0.508 e. The van der Waals surface area contributed by atoms with Crippen molar-refractivity contribution in [1.82, 2.24) is 67.7 Å². The maximum Gasteiger partial charge on any atom is 0.245 e. The number of nitrogens with one attached hydrogen (secondary N) is 11. The number of likely N-dealkylation sites (N-methyl/N-ethyl adjacent to an activating group) is 1. The molecule has 82 heavy (non-hydrogen) atoms. The Labute approximate surface area is 474 Å². The summed E-state index contributed by atoms with van der Waals surface area (Å²) >= 11 is 0. The lowest BCUT2D eigenvalue weighted by molar-refractivity contribution is -0.139. The van der Waals surface area contributed by atoms with E-state index < -0.39 is 121 Å². The molecule has 4 heterocycles. The van der Waals surface area contributed by atoms with Crippen LogP contribution in [0.3, 0.4) is 0 Å². The summed E-state index contributed by atoms with van der Waals surface area (Å²) in [5.41, 5.74) is 1.34. The second-order valence-electron chi connectivity index (χ2n) is 21.8. The fourth-order valence-electron chi connectivity index (χ4n) is 9.51. The molecule has 0 aliphatic carbocycles. The third-order valence-corrected chi connectivity index (χ3v) is 13.8. The molecule has 2 aromatic carbocycles. The number of carbonyl (C=O) groups excluding carboxylic acids is 10. The van der Waals surface area contributed by atoms with Crippen LogP contribution in [0.1, 0.15) is 90.5 Å². The van der Waals surface area contributed by atoms with E-state index >= 15 is 0 Å². The molecule has 26 nitrogen and oxygen atoms in total. The molecule has 26 heteroatoms. The quantitative estimate of drug-likeness (QED) is 0.0322. The van der Waals surface area contributed by atoms with Crippen molar-refractivity contribution in [2.45, 2.75) is 147 Å². The minimum Gasteiger partial charge on any atom is -0.508 e. The zero-order chi connectivity index (χ0) is 59.7. The Bertz CT molecular complexity index is 2890. The highest BCUT2D eigenvalue weighted by molar-refractivity contribution is 5.99. The van der Waals surface area contributed by atoms with Gasteiger partial charge in [0, 0.05) is 67.8 Å². The number of phenolic OH excluding ortho intramolecular Hbond substituents is 1. The predicted octanol–water partition coefficient (Wildman–Crippen LogP) is -1.09. The van der Waals surface area contributed by atoms with Gasteiger partial charge in [-0.05, 0) is 88.6 Å². The van der Waals surface area contributed by atoms with Gasteiger partial charge >= 0.3 is 0 Å². The Kier molecular flexibility index (Phi) is 22.5. The Morgan fingerprint density at radius 3 is 1.98 bits per heavy atom. The van der Waals surface area contributed by atoms with Gasteiger partial charge in [-0.25, -0.2) is 4.98 Å². The summed E-state index contributed by atoms with van der Waals surface area (Å²) in [6.07, 6.45) is 5.48. The molecule has 444 valence electrons. The van der Waals surface area contributed by atoms with Gasteiger partial charge in [-0.2, -0.15) is 0 Å². The summed E-state index contributed by atoms with van der Waals surface area (Å²) in [6.45, 7) is 9.41. The van der Waals surface area contributed by atoms with Crippen molar-refractivity contribution in [3.8, 4) is 5.75 Å². The Morgan fingerprint density at radius 1 is 0.732 bits per heavy atom. The normalized spacial score (nSPS) is 17.3. The number of hydrogen-bond donors (Lipinski definition) is 13. The first-order valence-corrected chi connectivity index (χ1v) is 27.5. The number of aliphatic hydroxyl groups is 1. The van der Waals surface area contributed by atoms with Crippen LogP contribution in [0, 0.1) is 5.92 Å². The van der Waals surface area contributed by atoms with Gasteiger partial charge in [-0.15, -0.1) is 0 Å². The smallest absolute Gasteiger partial charge is 0.245 e. The van der Waals surface area contributed by atoms with E-state index in [2.05, 4.69) is 62.8 Å². The number of H-pyrrole nitrogens is 2. The van der Waals surface area contributed by atoms with Gasteiger partial charge in [0.15, 0.2) is 0 Å². The average molecular weight is 1140 g/mol. The van der Waals surface area contributed by atoms with Crippen LogP contribution in [-0.2, 0) is 71.9 Å². The van der Waals surface area contributed by atoms with Gasteiger partial charge in [0.1, 0.15) is 54.1 Å². The molecule has 13 N–H and O–H groups in total. The second kappa shape index (κ2) is 29.4. The SMILES string of the molecule is CCNC(=O)[C@@H]1CCCN1C(=O)CNC(=O)[C@H](CC(C)C)NC(=O)[C@@H](COC(C)(C)C)NC(=O)[C@H](Cc1ccc(O)cc1)NC(=O)[C@H](CO)NC(=O)[C@H](Cc1c[nH]c2ccccc12)NC(=O)[C@H](Cc1cnc[nH]1)NC(=O)[C@@H]1CCC(=O)N1. The number of para-hydroxylation sites is 1. The van der Waals surface area contributed by atoms with Gasteiger partial charge < -0.3 is 77.7 Å². The van der Waals surface area contributed by atoms with E-state index in [1.807, 2.05) is 19.9 Å². The minimum absolute atomic E-state index is 0.0940. The van der Waals surface area contributed by atoms with Crippen molar-refractivity contribution in [3.63, 3.8) is 0 Å². The van der Waals surface area contributed by atoms with E-state index in [1.165, 1.54) is 41.7 Å². The molecule has 2 aromatic heterocycles. The van der Waals surface area contributed by atoms with Crippen LogP contribution in [0.15, 0.2) is 67.3 Å². The molecular weight excluding hydrogens is 1060 g/mol. The van der Waals surface area contributed by atoms with Crippen LogP contribution in [0.5, 0.6) is 5.75 Å².